The Morgan fingerprint density at radius 2 is 1.96 bits per heavy atom. The van der Waals surface area contributed by atoms with Crippen molar-refractivity contribution in [1.82, 2.24) is 10.3 Å². The molecule has 2 amide bonds. The Morgan fingerprint density at radius 1 is 1.24 bits per heavy atom. The van der Waals surface area contributed by atoms with Gasteiger partial charge in [-0.05, 0) is 35.9 Å². The number of carbonyl (C=O) groups is 2. The van der Waals surface area contributed by atoms with Gasteiger partial charge in [0.1, 0.15) is 6.54 Å². The van der Waals surface area contributed by atoms with Gasteiger partial charge in [0, 0.05) is 12.6 Å². The van der Waals surface area contributed by atoms with Crippen LogP contribution in [0.15, 0.2) is 53.6 Å². The van der Waals surface area contributed by atoms with Gasteiger partial charge in [-0.25, -0.2) is 5.43 Å². The number of methoxy groups -OCH3 is 1. The van der Waals surface area contributed by atoms with Crippen molar-refractivity contribution in [3.8, 4) is 11.5 Å². The number of ether oxygens (including phenoxy) is 1. The number of hydrazone groups is 1. The number of rotatable bonds is 6. The second-order valence-corrected chi connectivity index (χ2v) is 5.25. The van der Waals surface area contributed by atoms with E-state index in [0.29, 0.717) is 16.9 Å². The Morgan fingerprint density at radius 3 is 2.64 bits per heavy atom. The van der Waals surface area contributed by atoms with Crippen LogP contribution in [0.2, 0.25) is 0 Å². The van der Waals surface area contributed by atoms with Gasteiger partial charge in [-0.2, -0.15) is 5.10 Å². The number of phenolic OH excluding ortho intramolecular Hbond substituents is 1. The van der Waals surface area contributed by atoms with Gasteiger partial charge in [-0.3, -0.25) is 9.59 Å². The van der Waals surface area contributed by atoms with Gasteiger partial charge in [0.25, 0.3) is 11.8 Å². The molecule has 0 aromatic heterocycles. The lowest BCUT2D eigenvalue weighted by Gasteiger charge is -2.15. The zero-order valence-corrected chi connectivity index (χ0v) is 14.0. The molecule has 0 aliphatic heterocycles. The topological polar surface area (TPSA) is 91.2 Å². The molecule has 0 atom stereocenters. The van der Waals surface area contributed by atoms with E-state index in [-0.39, 0.29) is 18.2 Å². The molecule has 7 nitrogen and oxygen atoms in total. The molecule has 7 heteroatoms. The van der Waals surface area contributed by atoms with Crippen molar-refractivity contribution in [3.63, 3.8) is 0 Å². The Bertz CT molecular complexity index is 775. The normalized spacial score (nSPS) is 10.5. The number of hydrogen-bond acceptors (Lipinski definition) is 5. The monoisotopic (exact) mass is 341 g/mol. The first kappa shape index (κ1) is 18.0. The summed E-state index contributed by atoms with van der Waals surface area (Å²) in [4.78, 5) is 25.3. The molecule has 2 aromatic carbocycles. The van der Waals surface area contributed by atoms with Crippen molar-refractivity contribution in [2.75, 3.05) is 20.7 Å². The van der Waals surface area contributed by atoms with Crippen molar-refractivity contribution in [2.24, 2.45) is 5.10 Å². The third kappa shape index (κ3) is 5.07. The fourth-order valence-electron chi connectivity index (χ4n) is 2.08. The summed E-state index contributed by atoms with van der Waals surface area (Å²) in [6.07, 6.45) is 1.42. The van der Waals surface area contributed by atoms with Crippen LogP contribution in [0.4, 0.5) is 0 Å². The van der Waals surface area contributed by atoms with Crippen LogP contribution in [0.25, 0.3) is 0 Å². The molecule has 0 bridgehead atoms. The highest BCUT2D eigenvalue weighted by atomic mass is 16.5. The standard InChI is InChI=1S/C18H19N3O4/c1-21(18(24)14-6-4-3-5-7-14)12-17(23)20-19-11-13-8-9-15(22)16(10-13)25-2/h3-11,22H,12H2,1-2H3,(H,20,23)/b19-11-. The van der Waals surface area contributed by atoms with Crippen LogP contribution in [-0.2, 0) is 4.79 Å². The Hall–Kier alpha value is -3.35. The van der Waals surface area contributed by atoms with E-state index < -0.39 is 5.91 Å². The van der Waals surface area contributed by atoms with Gasteiger partial charge in [0.15, 0.2) is 11.5 Å². The third-order valence-electron chi connectivity index (χ3n) is 3.35. The van der Waals surface area contributed by atoms with E-state index in [1.807, 2.05) is 6.07 Å². The number of aromatic hydroxyl groups is 1. The summed E-state index contributed by atoms with van der Waals surface area (Å²) in [5.74, 6) is -0.343. The highest BCUT2D eigenvalue weighted by Gasteiger charge is 2.14. The maximum absolute atomic E-state index is 12.1. The second-order valence-electron chi connectivity index (χ2n) is 5.25. The first-order valence-corrected chi connectivity index (χ1v) is 7.50. The van der Waals surface area contributed by atoms with E-state index in [0.717, 1.165) is 0 Å². The van der Waals surface area contributed by atoms with Crippen LogP contribution >= 0.6 is 0 Å². The lowest BCUT2D eigenvalue weighted by Crippen LogP contribution is -2.36. The Labute approximate surface area is 145 Å². The van der Waals surface area contributed by atoms with E-state index in [2.05, 4.69) is 10.5 Å². The Kier molecular flexibility index (Phi) is 6.11. The van der Waals surface area contributed by atoms with E-state index in [4.69, 9.17) is 4.74 Å². The fraction of sp³-hybridized carbons (Fsp3) is 0.167. The molecule has 2 aromatic rings. The molecule has 0 saturated heterocycles. The summed E-state index contributed by atoms with van der Waals surface area (Å²) in [5.41, 5.74) is 3.51. The minimum atomic E-state index is -0.422. The molecular weight excluding hydrogens is 322 g/mol. The van der Waals surface area contributed by atoms with Crippen molar-refractivity contribution in [2.45, 2.75) is 0 Å². The maximum atomic E-state index is 12.1. The van der Waals surface area contributed by atoms with E-state index in [9.17, 15) is 14.7 Å². The first-order valence-electron chi connectivity index (χ1n) is 7.50. The minimum Gasteiger partial charge on any atom is -0.504 e. The summed E-state index contributed by atoms with van der Waals surface area (Å²) in [7, 11) is 2.99. The second kappa shape index (κ2) is 8.49. The molecular formula is C18H19N3O4. The van der Waals surface area contributed by atoms with Crippen molar-refractivity contribution >= 4 is 18.0 Å². The van der Waals surface area contributed by atoms with Gasteiger partial charge in [0.2, 0.25) is 0 Å². The average molecular weight is 341 g/mol. The lowest BCUT2D eigenvalue weighted by atomic mass is 10.2. The molecule has 0 unspecified atom stereocenters. The summed E-state index contributed by atoms with van der Waals surface area (Å²) in [6, 6.07) is 13.4. The van der Waals surface area contributed by atoms with E-state index in [1.165, 1.54) is 24.3 Å². The van der Waals surface area contributed by atoms with Crippen LogP contribution in [0.1, 0.15) is 15.9 Å². The highest BCUT2D eigenvalue weighted by Crippen LogP contribution is 2.25. The van der Waals surface area contributed by atoms with Gasteiger partial charge in [0.05, 0.1) is 13.3 Å². The Balaban J connectivity index is 1.89. The molecule has 0 heterocycles. The van der Waals surface area contributed by atoms with Gasteiger partial charge in [-0.1, -0.05) is 18.2 Å². The highest BCUT2D eigenvalue weighted by molar-refractivity contribution is 5.96. The molecule has 130 valence electrons. The number of phenols is 1. The zero-order valence-electron chi connectivity index (χ0n) is 14.0. The molecule has 0 spiro atoms. The third-order valence-corrected chi connectivity index (χ3v) is 3.35. The maximum Gasteiger partial charge on any atom is 0.259 e. The first-order chi connectivity index (χ1) is 12.0. The van der Waals surface area contributed by atoms with Crippen LogP contribution < -0.4 is 10.2 Å². The number of hydrogen-bond donors (Lipinski definition) is 2. The predicted octanol–water partition coefficient (Wildman–Crippen LogP) is 1.62. The number of amides is 2. The van der Waals surface area contributed by atoms with Crippen LogP contribution in [0, 0.1) is 0 Å². The minimum absolute atomic E-state index is 0.0183. The lowest BCUT2D eigenvalue weighted by molar-refractivity contribution is -0.121. The SMILES string of the molecule is COc1cc(/C=N\NC(=O)CN(C)C(=O)c2ccccc2)ccc1O. The molecule has 2 rings (SSSR count). The molecule has 0 radical (unpaired) electrons. The van der Waals surface area contributed by atoms with Crippen molar-refractivity contribution in [1.29, 1.82) is 0 Å². The number of benzene rings is 2. The summed E-state index contributed by atoms with van der Waals surface area (Å²) >= 11 is 0. The number of nitrogens with one attached hydrogen (secondary N) is 1. The number of likely N-dealkylation sites (N-methyl/N-ethyl adjacent to an activating group) is 1. The van der Waals surface area contributed by atoms with Crippen LogP contribution in [-0.4, -0.2) is 48.7 Å². The fourth-order valence-corrected chi connectivity index (χ4v) is 2.08. The number of nitrogens with zero attached hydrogens (tertiary/aromatic N) is 2. The summed E-state index contributed by atoms with van der Waals surface area (Å²) < 4.78 is 4.99. The van der Waals surface area contributed by atoms with Crippen molar-refractivity contribution in [3.05, 3.63) is 59.7 Å². The van der Waals surface area contributed by atoms with Gasteiger partial charge >= 0.3 is 0 Å². The molecule has 2 N–H and O–H groups in total. The molecule has 0 aliphatic rings. The van der Waals surface area contributed by atoms with E-state index >= 15 is 0 Å². The zero-order chi connectivity index (χ0) is 18.2. The van der Waals surface area contributed by atoms with Gasteiger partial charge in [-0.15, -0.1) is 0 Å². The van der Waals surface area contributed by atoms with Gasteiger partial charge < -0.3 is 14.7 Å². The molecule has 0 aliphatic carbocycles. The summed E-state index contributed by atoms with van der Waals surface area (Å²) in [5, 5.41) is 13.3. The quantitative estimate of drug-likeness (QED) is 0.617. The smallest absolute Gasteiger partial charge is 0.259 e. The van der Waals surface area contributed by atoms with Crippen LogP contribution in [0.5, 0.6) is 11.5 Å². The average Bonchev–Trinajstić information content (AvgIpc) is 2.63. The predicted molar refractivity (Wildman–Crippen MR) is 93.8 cm³/mol. The summed E-state index contributed by atoms with van der Waals surface area (Å²) in [6.45, 7) is -0.121. The molecule has 0 fully saturated rings. The van der Waals surface area contributed by atoms with Crippen LogP contribution in [0.3, 0.4) is 0 Å². The largest absolute Gasteiger partial charge is 0.504 e. The molecule has 25 heavy (non-hydrogen) atoms. The molecule has 0 saturated carbocycles. The number of carbonyl (C=O) groups excluding carboxylic acids is 2. The van der Waals surface area contributed by atoms with E-state index in [1.54, 1.807) is 43.4 Å². The van der Waals surface area contributed by atoms with Crippen molar-refractivity contribution < 1.29 is 19.4 Å².